The van der Waals surface area contributed by atoms with Crippen LogP contribution in [0.15, 0.2) is 41.3 Å². The van der Waals surface area contributed by atoms with E-state index < -0.39 is 0 Å². The number of pyridine rings is 1. The Labute approximate surface area is 204 Å². The van der Waals surface area contributed by atoms with Gasteiger partial charge in [0.15, 0.2) is 5.65 Å². The van der Waals surface area contributed by atoms with Crippen molar-refractivity contribution in [2.45, 2.75) is 45.8 Å². The molecule has 35 heavy (non-hydrogen) atoms. The standard InChI is InChI=1S/C27H32N6O2/c1-18(2)33-24-22-14-19(5-7-23(22)29-30-25(24)31(3)26(33)34)20-4-6-21(28-15-20)16-35-13-12-32-11-10-27(17-32)8-9-27/h4-7,14-15,18H,8-13,16-17H2,1-3H3. The maximum absolute atomic E-state index is 12.8. The topological polar surface area (TPSA) is 78.1 Å². The van der Waals surface area contributed by atoms with E-state index in [0.29, 0.717) is 17.7 Å². The van der Waals surface area contributed by atoms with E-state index in [9.17, 15) is 4.79 Å². The van der Waals surface area contributed by atoms with Crippen LogP contribution in [-0.2, 0) is 18.4 Å². The molecule has 1 aromatic carbocycles. The lowest BCUT2D eigenvalue weighted by atomic mass is 10.0. The van der Waals surface area contributed by atoms with Crippen LogP contribution in [0.5, 0.6) is 0 Å². The van der Waals surface area contributed by atoms with Gasteiger partial charge in [0, 0.05) is 43.3 Å². The van der Waals surface area contributed by atoms with Gasteiger partial charge in [0.1, 0.15) is 5.52 Å². The molecule has 0 radical (unpaired) electrons. The summed E-state index contributed by atoms with van der Waals surface area (Å²) in [6.45, 7) is 8.77. The molecule has 3 aromatic heterocycles. The number of nitrogens with zero attached hydrogens (tertiary/aromatic N) is 6. The molecule has 4 heterocycles. The molecule has 0 N–H and O–H groups in total. The number of imidazole rings is 1. The summed E-state index contributed by atoms with van der Waals surface area (Å²) in [5, 5.41) is 9.59. The lowest BCUT2D eigenvalue weighted by Crippen LogP contribution is -2.25. The van der Waals surface area contributed by atoms with Crippen LogP contribution in [0, 0.1) is 5.41 Å². The van der Waals surface area contributed by atoms with Gasteiger partial charge in [-0.25, -0.2) is 4.79 Å². The van der Waals surface area contributed by atoms with Crippen LogP contribution >= 0.6 is 0 Å². The van der Waals surface area contributed by atoms with Gasteiger partial charge in [0.05, 0.1) is 24.4 Å². The van der Waals surface area contributed by atoms with Crippen molar-refractivity contribution in [3.63, 3.8) is 0 Å². The van der Waals surface area contributed by atoms with Gasteiger partial charge in [-0.3, -0.25) is 14.1 Å². The Morgan fingerprint density at radius 1 is 1.09 bits per heavy atom. The maximum Gasteiger partial charge on any atom is 0.330 e. The summed E-state index contributed by atoms with van der Waals surface area (Å²) in [6.07, 6.45) is 6.09. The highest BCUT2D eigenvalue weighted by atomic mass is 16.5. The zero-order valence-corrected chi connectivity index (χ0v) is 20.7. The summed E-state index contributed by atoms with van der Waals surface area (Å²) in [6, 6.07) is 10.2. The SMILES string of the molecule is CC(C)n1c(=O)n(C)c2nnc3ccc(-c4ccc(COCCN5CCC6(CC6)C5)nc4)cc3c21. The Morgan fingerprint density at radius 2 is 1.91 bits per heavy atom. The fourth-order valence-electron chi connectivity index (χ4n) is 5.41. The molecule has 0 bridgehead atoms. The fourth-order valence-corrected chi connectivity index (χ4v) is 5.41. The molecule has 8 heteroatoms. The number of rotatable bonds is 7. The van der Waals surface area contributed by atoms with Gasteiger partial charge >= 0.3 is 5.69 Å². The summed E-state index contributed by atoms with van der Waals surface area (Å²) in [5.74, 6) is 0. The van der Waals surface area contributed by atoms with Crippen molar-refractivity contribution in [1.29, 1.82) is 0 Å². The minimum atomic E-state index is -0.0787. The summed E-state index contributed by atoms with van der Waals surface area (Å²) in [4.78, 5) is 20.0. The predicted octanol–water partition coefficient (Wildman–Crippen LogP) is 3.93. The lowest BCUT2D eigenvalue weighted by molar-refractivity contribution is 0.0958. The number of ether oxygens (including phenoxy) is 1. The Bertz CT molecular complexity index is 1450. The Hall–Kier alpha value is -3.10. The maximum atomic E-state index is 12.8. The highest BCUT2D eigenvalue weighted by molar-refractivity contribution is 6.02. The molecule has 1 saturated heterocycles. The number of likely N-dealkylation sites (tertiary alicyclic amines) is 1. The minimum absolute atomic E-state index is 0.0171. The van der Waals surface area contributed by atoms with Crippen molar-refractivity contribution in [2.75, 3.05) is 26.2 Å². The van der Waals surface area contributed by atoms with Crippen LogP contribution in [0.1, 0.15) is 44.8 Å². The lowest BCUT2D eigenvalue weighted by Gasteiger charge is -2.15. The Kier molecular flexibility index (Phi) is 5.45. The number of aromatic nitrogens is 5. The second kappa shape index (κ2) is 8.53. The Morgan fingerprint density at radius 3 is 2.63 bits per heavy atom. The summed E-state index contributed by atoms with van der Waals surface area (Å²) in [7, 11) is 1.74. The van der Waals surface area contributed by atoms with Crippen LogP contribution in [0.25, 0.3) is 33.2 Å². The van der Waals surface area contributed by atoms with E-state index in [4.69, 9.17) is 4.74 Å². The third-order valence-electron chi connectivity index (χ3n) is 7.72. The first-order valence-electron chi connectivity index (χ1n) is 12.6. The average molecular weight is 473 g/mol. The third-order valence-corrected chi connectivity index (χ3v) is 7.72. The number of hydrogen-bond acceptors (Lipinski definition) is 6. The van der Waals surface area contributed by atoms with E-state index in [1.54, 1.807) is 16.2 Å². The van der Waals surface area contributed by atoms with Crippen LogP contribution in [0.2, 0.25) is 0 Å². The van der Waals surface area contributed by atoms with Gasteiger partial charge < -0.3 is 9.64 Å². The smallest absolute Gasteiger partial charge is 0.330 e. The second-order valence-corrected chi connectivity index (χ2v) is 10.5. The van der Waals surface area contributed by atoms with Gasteiger partial charge in [-0.1, -0.05) is 12.1 Å². The number of benzene rings is 1. The molecule has 2 fully saturated rings. The molecule has 4 aromatic rings. The van der Waals surface area contributed by atoms with Gasteiger partial charge in [-0.15, -0.1) is 10.2 Å². The molecule has 0 unspecified atom stereocenters. The van der Waals surface area contributed by atoms with Crippen molar-refractivity contribution < 1.29 is 4.74 Å². The normalized spacial score (nSPS) is 17.4. The molecule has 182 valence electrons. The van der Waals surface area contributed by atoms with E-state index in [2.05, 4.69) is 32.2 Å². The van der Waals surface area contributed by atoms with Crippen molar-refractivity contribution in [3.05, 3.63) is 52.7 Å². The summed E-state index contributed by atoms with van der Waals surface area (Å²) < 4.78 is 9.28. The van der Waals surface area contributed by atoms with Crippen LogP contribution in [0.3, 0.4) is 0 Å². The monoisotopic (exact) mass is 472 g/mol. The highest BCUT2D eigenvalue weighted by Gasteiger charge is 2.47. The van der Waals surface area contributed by atoms with Crippen LogP contribution < -0.4 is 5.69 Å². The molecule has 1 aliphatic heterocycles. The van der Waals surface area contributed by atoms with E-state index in [-0.39, 0.29) is 11.7 Å². The first-order chi connectivity index (χ1) is 16.9. The average Bonchev–Trinajstić information content (AvgIpc) is 3.42. The molecule has 0 atom stereocenters. The molecule has 1 aliphatic carbocycles. The van der Waals surface area contributed by atoms with Gasteiger partial charge in [0.2, 0.25) is 0 Å². The van der Waals surface area contributed by atoms with Gasteiger partial charge in [0.25, 0.3) is 0 Å². The molecule has 0 amide bonds. The van der Waals surface area contributed by atoms with Gasteiger partial charge in [-0.2, -0.15) is 0 Å². The van der Waals surface area contributed by atoms with E-state index in [1.807, 2.05) is 38.2 Å². The van der Waals surface area contributed by atoms with Crippen LogP contribution in [0.4, 0.5) is 0 Å². The number of aryl methyl sites for hydroxylation is 1. The molecular weight excluding hydrogens is 440 g/mol. The molecule has 1 saturated carbocycles. The molecule has 1 spiro atoms. The quantitative estimate of drug-likeness (QED) is 0.379. The first-order valence-corrected chi connectivity index (χ1v) is 12.6. The molecular formula is C27H32N6O2. The van der Waals surface area contributed by atoms with Crippen LogP contribution in [-0.4, -0.2) is 55.5 Å². The van der Waals surface area contributed by atoms with Gasteiger partial charge in [-0.05, 0) is 68.8 Å². The van der Waals surface area contributed by atoms with Crippen molar-refractivity contribution >= 4 is 22.1 Å². The van der Waals surface area contributed by atoms with Crippen molar-refractivity contribution in [2.24, 2.45) is 12.5 Å². The van der Waals surface area contributed by atoms with Crippen molar-refractivity contribution in [3.8, 4) is 11.1 Å². The Balaban J connectivity index is 1.19. The first kappa shape index (κ1) is 22.4. The predicted molar refractivity (Wildman–Crippen MR) is 136 cm³/mol. The second-order valence-electron chi connectivity index (χ2n) is 10.5. The largest absolute Gasteiger partial charge is 0.374 e. The summed E-state index contributed by atoms with van der Waals surface area (Å²) >= 11 is 0. The number of hydrogen-bond donors (Lipinski definition) is 0. The van der Waals surface area contributed by atoms with Crippen molar-refractivity contribution in [1.82, 2.24) is 29.2 Å². The third kappa shape index (κ3) is 4.04. The molecule has 2 aliphatic rings. The molecule has 8 nitrogen and oxygen atoms in total. The van der Waals surface area contributed by atoms with E-state index >= 15 is 0 Å². The fraction of sp³-hybridized carbons (Fsp3) is 0.481. The zero-order chi connectivity index (χ0) is 24.2. The zero-order valence-electron chi connectivity index (χ0n) is 20.7. The van der Waals surface area contributed by atoms with E-state index in [1.165, 1.54) is 32.4 Å². The molecule has 6 rings (SSSR count). The highest BCUT2D eigenvalue weighted by Crippen LogP contribution is 2.52. The summed E-state index contributed by atoms with van der Waals surface area (Å²) in [5.41, 5.74) is 5.76. The minimum Gasteiger partial charge on any atom is -0.374 e. The number of fused-ring (bicyclic) bond motifs is 3. The van der Waals surface area contributed by atoms with E-state index in [0.717, 1.165) is 46.4 Å².